The molecule has 0 bridgehead atoms. The lowest BCUT2D eigenvalue weighted by molar-refractivity contribution is -0.384. The van der Waals surface area contributed by atoms with E-state index in [-0.39, 0.29) is 23.1 Å². The van der Waals surface area contributed by atoms with Crippen molar-refractivity contribution >= 4 is 29.2 Å². The average Bonchev–Trinajstić information content (AvgIpc) is 3.16. The Morgan fingerprint density at radius 2 is 1.91 bits per heavy atom. The molecule has 1 amide bonds. The molecule has 2 aromatic carbocycles. The third-order valence-corrected chi connectivity index (χ3v) is 5.20. The van der Waals surface area contributed by atoms with Gasteiger partial charge in [0, 0.05) is 17.2 Å². The van der Waals surface area contributed by atoms with Crippen LogP contribution in [0.5, 0.6) is 0 Å². The van der Waals surface area contributed by atoms with E-state index in [0.29, 0.717) is 17.3 Å². The number of ether oxygens (including phenoxy) is 1. The van der Waals surface area contributed by atoms with Gasteiger partial charge in [0.05, 0.1) is 4.92 Å². The number of benzene rings is 2. The molecule has 9 nitrogen and oxygen atoms in total. The number of rotatable bonds is 8. The smallest absolute Gasteiger partial charge is 0.329 e. The van der Waals surface area contributed by atoms with E-state index in [1.165, 1.54) is 12.1 Å². The van der Waals surface area contributed by atoms with Crippen molar-refractivity contribution in [3.05, 3.63) is 80.7 Å². The molecule has 0 saturated carbocycles. The van der Waals surface area contributed by atoms with Crippen molar-refractivity contribution in [3.63, 3.8) is 0 Å². The minimum absolute atomic E-state index is 0.00407. The first kappa shape index (κ1) is 23.9. The summed E-state index contributed by atoms with van der Waals surface area (Å²) in [5, 5.41) is 13.6. The second-order valence-corrected chi connectivity index (χ2v) is 8.02. The van der Waals surface area contributed by atoms with E-state index < -0.39 is 28.5 Å². The molecule has 0 aliphatic heterocycles. The molecule has 33 heavy (non-hydrogen) atoms. The number of carbonyl (C=O) groups excluding carboxylic acids is 2. The highest BCUT2D eigenvalue weighted by Gasteiger charge is 2.28. The SMILES string of the molecule is Cc1oc(-c2ccccc2)nc1COC(=O)[C@@H](NC(=O)c1ccc(Cl)c([N+](=O)[O-])c1)C(C)C. The van der Waals surface area contributed by atoms with E-state index >= 15 is 0 Å². The maximum atomic E-state index is 12.7. The van der Waals surface area contributed by atoms with Crippen LogP contribution in [0.2, 0.25) is 5.02 Å². The summed E-state index contributed by atoms with van der Waals surface area (Å²) in [6.07, 6.45) is 0. The summed E-state index contributed by atoms with van der Waals surface area (Å²) in [6, 6.07) is 12.0. The van der Waals surface area contributed by atoms with Crippen molar-refractivity contribution in [3.8, 4) is 11.5 Å². The van der Waals surface area contributed by atoms with Gasteiger partial charge in [-0.3, -0.25) is 14.9 Å². The molecule has 1 N–H and O–H groups in total. The van der Waals surface area contributed by atoms with E-state index in [1.54, 1.807) is 20.8 Å². The number of carbonyl (C=O) groups is 2. The zero-order chi connectivity index (χ0) is 24.1. The van der Waals surface area contributed by atoms with Crippen molar-refractivity contribution in [2.45, 2.75) is 33.4 Å². The Morgan fingerprint density at radius 1 is 1.21 bits per heavy atom. The van der Waals surface area contributed by atoms with Gasteiger partial charge < -0.3 is 14.5 Å². The summed E-state index contributed by atoms with van der Waals surface area (Å²) >= 11 is 5.79. The lowest BCUT2D eigenvalue weighted by atomic mass is 10.0. The van der Waals surface area contributed by atoms with Crippen LogP contribution in [0, 0.1) is 23.0 Å². The minimum Gasteiger partial charge on any atom is -0.457 e. The normalized spacial score (nSPS) is 11.8. The Balaban J connectivity index is 1.69. The molecule has 0 radical (unpaired) electrons. The molecule has 0 saturated heterocycles. The highest BCUT2D eigenvalue weighted by atomic mass is 35.5. The summed E-state index contributed by atoms with van der Waals surface area (Å²) < 4.78 is 11.1. The first-order valence-electron chi connectivity index (χ1n) is 10.1. The van der Waals surface area contributed by atoms with Crippen molar-refractivity contribution < 1.29 is 23.7 Å². The molecule has 0 spiro atoms. The van der Waals surface area contributed by atoms with Crippen molar-refractivity contribution in [2.24, 2.45) is 5.92 Å². The third-order valence-electron chi connectivity index (χ3n) is 4.88. The van der Waals surface area contributed by atoms with Crippen LogP contribution in [0.15, 0.2) is 52.9 Å². The third kappa shape index (κ3) is 5.75. The van der Waals surface area contributed by atoms with Crippen molar-refractivity contribution in [2.75, 3.05) is 0 Å². The van der Waals surface area contributed by atoms with Crippen LogP contribution in [0.1, 0.15) is 35.7 Å². The van der Waals surface area contributed by atoms with E-state index in [1.807, 2.05) is 30.3 Å². The highest BCUT2D eigenvalue weighted by Crippen LogP contribution is 2.25. The first-order valence-corrected chi connectivity index (χ1v) is 10.5. The van der Waals surface area contributed by atoms with Crippen LogP contribution >= 0.6 is 11.6 Å². The average molecular weight is 472 g/mol. The monoisotopic (exact) mass is 471 g/mol. The molecule has 0 aliphatic rings. The van der Waals surface area contributed by atoms with Gasteiger partial charge in [-0.1, -0.05) is 43.6 Å². The van der Waals surface area contributed by atoms with Gasteiger partial charge in [0.2, 0.25) is 5.89 Å². The summed E-state index contributed by atoms with van der Waals surface area (Å²) in [4.78, 5) is 40.1. The quantitative estimate of drug-likeness (QED) is 0.286. The zero-order valence-corrected chi connectivity index (χ0v) is 19.0. The first-order chi connectivity index (χ1) is 15.7. The van der Waals surface area contributed by atoms with Crippen LogP contribution in [0.4, 0.5) is 5.69 Å². The Bertz CT molecular complexity index is 1180. The predicted octanol–water partition coefficient (Wildman–Crippen LogP) is 4.71. The number of amides is 1. The van der Waals surface area contributed by atoms with Crippen LogP contribution in [-0.2, 0) is 16.1 Å². The molecule has 0 unspecified atom stereocenters. The number of oxazole rings is 1. The van der Waals surface area contributed by atoms with Gasteiger partial charge in [0.25, 0.3) is 11.6 Å². The molecule has 3 rings (SSSR count). The number of aryl methyl sites for hydroxylation is 1. The molecule has 172 valence electrons. The van der Waals surface area contributed by atoms with Crippen LogP contribution in [0.3, 0.4) is 0 Å². The van der Waals surface area contributed by atoms with Gasteiger partial charge in [-0.2, -0.15) is 0 Å². The van der Waals surface area contributed by atoms with E-state index in [2.05, 4.69) is 10.3 Å². The van der Waals surface area contributed by atoms with Gasteiger partial charge in [-0.15, -0.1) is 0 Å². The lowest BCUT2D eigenvalue weighted by Crippen LogP contribution is -2.45. The maximum absolute atomic E-state index is 12.7. The highest BCUT2D eigenvalue weighted by molar-refractivity contribution is 6.32. The largest absolute Gasteiger partial charge is 0.457 e. The minimum atomic E-state index is -0.979. The van der Waals surface area contributed by atoms with E-state index in [4.69, 9.17) is 20.8 Å². The molecule has 0 fully saturated rings. The second-order valence-electron chi connectivity index (χ2n) is 7.61. The molecule has 10 heteroatoms. The number of halogens is 1. The number of nitro groups is 1. The Morgan fingerprint density at radius 3 is 2.55 bits per heavy atom. The number of nitrogens with one attached hydrogen (secondary N) is 1. The fourth-order valence-corrected chi connectivity index (χ4v) is 3.20. The van der Waals surface area contributed by atoms with Crippen LogP contribution < -0.4 is 5.32 Å². The summed E-state index contributed by atoms with van der Waals surface area (Å²) in [5.41, 5.74) is 0.861. The Hall–Kier alpha value is -3.72. The molecular formula is C23H22ClN3O6. The summed E-state index contributed by atoms with van der Waals surface area (Å²) in [7, 11) is 0. The Labute approximate surface area is 194 Å². The van der Waals surface area contributed by atoms with Gasteiger partial charge in [-0.05, 0) is 37.1 Å². The van der Waals surface area contributed by atoms with E-state index in [9.17, 15) is 19.7 Å². The number of nitro benzene ring substituents is 1. The number of aromatic nitrogens is 1. The molecule has 1 heterocycles. The number of hydrogen-bond acceptors (Lipinski definition) is 7. The number of hydrogen-bond donors (Lipinski definition) is 1. The zero-order valence-electron chi connectivity index (χ0n) is 18.2. The van der Waals surface area contributed by atoms with Gasteiger partial charge in [-0.25, -0.2) is 9.78 Å². The molecule has 3 aromatic rings. The number of nitrogens with zero attached hydrogens (tertiary/aromatic N) is 2. The van der Waals surface area contributed by atoms with Crippen molar-refractivity contribution in [1.29, 1.82) is 0 Å². The van der Waals surface area contributed by atoms with Crippen molar-refractivity contribution in [1.82, 2.24) is 10.3 Å². The van der Waals surface area contributed by atoms with Crippen LogP contribution in [0.25, 0.3) is 11.5 Å². The van der Waals surface area contributed by atoms with Gasteiger partial charge in [0.15, 0.2) is 0 Å². The molecule has 1 atom stereocenters. The standard InChI is InChI=1S/C23H22ClN3O6/c1-13(2)20(26-21(28)16-9-10-17(24)19(11-16)27(30)31)23(29)32-12-18-14(3)33-22(25-18)15-7-5-4-6-8-15/h4-11,13,20H,12H2,1-3H3,(H,26,28)/t20-/m0/s1. The fourth-order valence-electron chi connectivity index (χ4n) is 3.01. The van der Waals surface area contributed by atoms with Crippen LogP contribution in [-0.4, -0.2) is 27.8 Å². The lowest BCUT2D eigenvalue weighted by Gasteiger charge is -2.20. The fraction of sp³-hybridized carbons (Fsp3) is 0.261. The maximum Gasteiger partial charge on any atom is 0.329 e. The van der Waals surface area contributed by atoms with Gasteiger partial charge >= 0.3 is 5.97 Å². The topological polar surface area (TPSA) is 125 Å². The summed E-state index contributed by atoms with van der Waals surface area (Å²) in [5.74, 6) is -0.695. The Kier molecular flexibility index (Phi) is 7.44. The molecule has 0 aliphatic carbocycles. The second kappa shape index (κ2) is 10.3. The van der Waals surface area contributed by atoms with E-state index in [0.717, 1.165) is 11.6 Å². The summed E-state index contributed by atoms with van der Waals surface area (Å²) in [6.45, 7) is 5.07. The molecule has 1 aromatic heterocycles. The predicted molar refractivity (Wildman–Crippen MR) is 121 cm³/mol. The molecular weight excluding hydrogens is 450 g/mol. The van der Waals surface area contributed by atoms with Gasteiger partial charge in [0.1, 0.15) is 29.1 Å². The number of esters is 1.